The highest BCUT2D eigenvalue weighted by Crippen LogP contribution is 2.09. The van der Waals surface area contributed by atoms with Gasteiger partial charge in [-0.1, -0.05) is 18.6 Å². The third kappa shape index (κ3) is 4.16. The maximum absolute atomic E-state index is 13.4. The average Bonchev–Trinajstić information content (AvgIpc) is 2.36. The molecule has 1 rings (SSSR count). The fraction of sp³-hybridized carbons (Fsp3) is 0.385. The van der Waals surface area contributed by atoms with E-state index < -0.39 is 11.7 Å². The number of benzene rings is 1. The summed E-state index contributed by atoms with van der Waals surface area (Å²) in [5.74, 6) is -1.45. The Labute approximate surface area is 106 Å². The van der Waals surface area contributed by atoms with Crippen molar-refractivity contribution in [2.24, 2.45) is 0 Å². The molecule has 0 radical (unpaired) electrons. The monoisotopic (exact) mass is 252 g/mol. The molecule has 0 atom stereocenters. The Kier molecular flexibility index (Phi) is 5.30. The summed E-state index contributed by atoms with van der Waals surface area (Å²) >= 11 is 0. The minimum absolute atomic E-state index is 0.0432. The molecule has 98 valence electrons. The van der Waals surface area contributed by atoms with Crippen LogP contribution in [0.15, 0.2) is 18.2 Å². The molecule has 1 aromatic rings. The van der Waals surface area contributed by atoms with E-state index in [0.29, 0.717) is 6.54 Å². The van der Waals surface area contributed by atoms with E-state index in [1.807, 2.05) is 6.92 Å². The van der Waals surface area contributed by atoms with Crippen molar-refractivity contribution in [3.05, 3.63) is 35.1 Å². The highest BCUT2D eigenvalue weighted by atomic mass is 19.1. The second-order valence-corrected chi connectivity index (χ2v) is 4.02. The number of rotatable bonds is 5. The lowest BCUT2D eigenvalue weighted by Crippen LogP contribution is -2.37. The van der Waals surface area contributed by atoms with Gasteiger partial charge in [0.05, 0.1) is 12.1 Å². The van der Waals surface area contributed by atoms with Gasteiger partial charge in [0.1, 0.15) is 5.82 Å². The molecular formula is C13H17FN2O2. The number of nitrogens with one attached hydrogen (secondary N) is 2. The molecule has 4 nitrogen and oxygen atoms in total. The average molecular weight is 252 g/mol. The van der Waals surface area contributed by atoms with E-state index in [9.17, 15) is 14.0 Å². The highest BCUT2D eigenvalue weighted by Gasteiger charge is 2.12. The minimum atomic E-state index is -0.591. The Balaban J connectivity index is 2.55. The molecule has 0 saturated carbocycles. The quantitative estimate of drug-likeness (QED) is 0.832. The minimum Gasteiger partial charge on any atom is -0.355 e. The molecule has 0 saturated heterocycles. The molecule has 5 heteroatoms. The van der Waals surface area contributed by atoms with Gasteiger partial charge in [-0.15, -0.1) is 0 Å². The molecular weight excluding hydrogens is 235 g/mol. The van der Waals surface area contributed by atoms with Crippen molar-refractivity contribution in [3.63, 3.8) is 0 Å². The van der Waals surface area contributed by atoms with Crippen LogP contribution in [-0.4, -0.2) is 24.9 Å². The predicted molar refractivity (Wildman–Crippen MR) is 66.8 cm³/mol. The molecule has 0 bridgehead atoms. The van der Waals surface area contributed by atoms with Crippen LogP contribution < -0.4 is 10.6 Å². The van der Waals surface area contributed by atoms with Gasteiger partial charge in [0.25, 0.3) is 5.91 Å². The molecule has 0 fully saturated rings. The number of carbonyl (C=O) groups excluding carboxylic acids is 2. The van der Waals surface area contributed by atoms with Crippen LogP contribution in [0.3, 0.4) is 0 Å². The van der Waals surface area contributed by atoms with Gasteiger partial charge in [-0.25, -0.2) is 4.39 Å². The van der Waals surface area contributed by atoms with E-state index in [2.05, 4.69) is 10.6 Å². The Hall–Kier alpha value is -1.91. The van der Waals surface area contributed by atoms with Gasteiger partial charge < -0.3 is 10.6 Å². The van der Waals surface area contributed by atoms with Crippen LogP contribution in [0.5, 0.6) is 0 Å². The smallest absolute Gasteiger partial charge is 0.254 e. The first-order chi connectivity index (χ1) is 8.54. The van der Waals surface area contributed by atoms with E-state index in [1.54, 1.807) is 13.0 Å². The normalized spacial score (nSPS) is 9.94. The fourth-order valence-corrected chi connectivity index (χ4v) is 1.40. The number of hydrogen-bond donors (Lipinski definition) is 2. The van der Waals surface area contributed by atoms with Gasteiger partial charge in [0, 0.05) is 6.54 Å². The predicted octanol–water partition coefficient (Wildman–Crippen LogP) is 1.39. The van der Waals surface area contributed by atoms with Crippen molar-refractivity contribution in [2.45, 2.75) is 20.3 Å². The van der Waals surface area contributed by atoms with Crippen molar-refractivity contribution in [1.29, 1.82) is 0 Å². The lowest BCUT2D eigenvalue weighted by atomic mass is 10.1. The van der Waals surface area contributed by atoms with Gasteiger partial charge >= 0.3 is 0 Å². The third-order valence-corrected chi connectivity index (χ3v) is 2.35. The summed E-state index contributed by atoms with van der Waals surface area (Å²) in [4.78, 5) is 22.9. The van der Waals surface area contributed by atoms with Crippen molar-refractivity contribution in [1.82, 2.24) is 10.6 Å². The van der Waals surface area contributed by atoms with Crippen LogP contribution in [-0.2, 0) is 4.79 Å². The molecule has 0 unspecified atom stereocenters. The van der Waals surface area contributed by atoms with E-state index in [1.165, 1.54) is 12.1 Å². The maximum Gasteiger partial charge on any atom is 0.254 e. The van der Waals surface area contributed by atoms with Gasteiger partial charge in [0.15, 0.2) is 0 Å². The SMILES string of the molecule is CCCNC(=O)CNC(=O)c1cc(C)ccc1F. The molecule has 2 amide bonds. The van der Waals surface area contributed by atoms with E-state index in [4.69, 9.17) is 0 Å². The number of hydrogen-bond acceptors (Lipinski definition) is 2. The summed E-state index contributed by atoms with van der Waals surface area (Å²) in [6.07, 6.45) is 0.826. The van der Waals surface area contributed by atoms with E-state index in [-0.39, 0.29) is 18.0 Å². The van der Waals surface area contributed by atoms with E-state index >= 15 is 0 Å². The van der Waals surface area contributed by atoms with Crippen molar-refractivity contribution < 1.29 is 14.0 Å². The maximum atomic E-state index is 13.4. The Bertz CT molecular complexity index is 447. The summed E-state index contributed by atoms with van der Waals surface area (Å²) in [5, 5.41) is 5.00. The first-order valence-corrected chi connectivity index (χ1v) is 5.85. The second-order valence-electron chi connectivity index (χ2n) is 4.02. The summed E-state index contributed by atoms with van der Waals surface area (Å²) < 4.78 is 13.4. The van der Waals surface area contributed by atoms with Crippen molar-refractivity contribution >= 4 is 11.8 Å². The molecule has 18 heavy (non-hydrogen) atoms. The van der Waals surface area contributed by atoms with Crippen LogP contribution in [0.1, 0.15) is 29.3 Å². The molecule has 0 aromatic heterocycles. The van der Waals surface area contributed by atoms with Crippen molar-refractivity contribution in [3.8, 4) is 0 Å². The van der Waals surface area contributed by atoms with Crippen molar-refractivity contribution in [2.75, 3.05) is 13.1 Å². The molecule has 0 spiro atoms. The van der Waals surface area contributed by atoms with Crippen LogP contribution in [0.25, 0.3) is 0 Å². The van der Waals surface area contributed by atoms with Gasteiger partial charge in [0.2, 0.25) is 5.91 Å². The molecule has 0 aliphatic rings. The highest BCUT2D eigenvalue weighted by molar-refractivity contribution is 5.96. The lowest BCUT2D eigenvalue weighted by molar-refractivity contribution is -0.120. The number of halogens is 1. The fourth-order valence-electron chi connectivity index (χ4n) is 1.40. The molecule has 1 aromatic carbocycles. The molecule has 0 heterocycles. The standard InChI is InChI=1S/C13H17FN2O2/c1-3-6-15-12(17)8-16-13(18)10-7-9(2)4-5-11(10)14/h4-5,7H,3,6,8H2,1-2H3,(H,15,17)(H,16,18). The molecule has 0 aliphatic carbocycles. The zero-order chi connectivity index (χ0) is 13.5. The Morgan fingerprint density at radius 2 is 2.00 bits per heavy atom. The third-order valence-electron chi connectivity index (χ3n) is 2.35. The number of amides is 2. The summed E-state index contributed by atoms with van der Waals surface area (Å²) in [5.41, 5.74) is 0.746. The van der Waals surface area contributed by atoms with Crippen LogP contribution in [0.4, 0.5) is 4.39 Å². The number of carbonyl (C=O) groups is 2. The summed E-state index contributed by atoms with van der Waals surface area (Å²) in [6, 6.07) is 4.27. The van der Waals surface area contributed by atoms with Gasteiger partial charge in [-0.05, 0) is 25.5 Å². The second kappa shape index (κ2) is 6.74. The number of aryl methyl sites for hydroxylation is 1. The first kappa shape index (κ1) is 14.2. The zero-order valence-electron chi connectivity index (χ0n) is 10.5. The lowest BCUT2D eigenvalue weighted by Gasteiger charge is -2.07. The Morgan fingerprint density at radius 3 is 2.67 bits per heavy atom. The summed E-state index contributed by atoms with van der Waals surface area (Å²) in [7, 11) is 0. The summed E-state index contributed by atoms with van der Waals surface area (Å²) in [6.45, 7) is 4.12. The first-order valence-electron chi connectivity index (χ1n) is 5.85. The van der Waals surface area contributed by atoms with Crippen LogP contribution in [0.2, 0.25) is 0 Å². The molecule has 2 N–H and O–H groups in total. The van der Waals surface area contributed by atoms with Crippen LogP contribution >= 0.6 is 0 Å². The topological polar surface area (TPSA) is 58.2 Å². The molecule has 0 aliphatic heterocycles. The zero-order valence-corrected chi connectivity index (χ0v) is 10.5. The van der Waals surface area contributed by atoms with Gasteiger partial charge in [-0.2, -0.15) is 0 Å². The van der Waals surface area contributed by atoms with Gasteiger partial charge in [-0.3, -0.25) is 9.59 Å². The van der Waals surface area contributed by atoms with Crippen LogP contribution in [0, 0.1) is 12.7 Å². The Morgan fingerprint density at radius 1 is 1.28 bits per heavy atom. The largest absolute Gasteiger partial charge is 0.355 e. The van der Waals surface area contributed by atoms with E-state index in [0.717, 1.165) is 12.0 Å².